The zero-order valence-electron chi connectivity index (χ0n) is 12.0. The van der Waals surface area contributed by atoms with Crippen molar-refractivity contribution in [2.45, 2.75) is 58.4 Å². The van der Waals surface area contributed by atoms with E-state index in [4.69, 9.17) is 0 Å². The Morgan fingerprint density at radius 1 is 1.37 bits per heavy atom. The zero-order chi connectivity index (χ0) is 13.7. The highest BCUT2D eigenvalue weighted by Gasteiger charge is 2.29. The minimum atomic E-state index is 0.135. The van der Waals surface area contributed by atoms with Crippen LogP contribution in [0, 0.1) is 5.41 Å². The number of amides is 1. The van der Waals surface area contributed by atoms with Crippen LogP contribution in [0.25, 0.3) is 0 Å². The summed E-state index contributed by atoms with van der Waals surface area (Å²) >= 11 is 0. The van der Waals surface area contributed by atoms with E-state index in [1.807, 2.05) is 12.1 Å². The number of hydrogen-bond acceptors (Lipinski definition) is 2. The quantitative estimate of drug-likeness (QED) is 0.904. The molecule has 1 aliphatic rings. The fourth-order valence-electron chi connectivity index (χ4n) is 2.78. The first-order chi connectivity index (χ1) is 9.11. The normalized spacial score (nSPS) is 26.9. The van der Waals surface area contributed by atoms with Crippen LogP contribution in [-0.2, 0) is 11.2 Å². The Labute approximate surface area is 115 Å². The summed E-state index contributed by atoms with van der Waals surface area (Å²) < 4.78 is 0. The summed E-state index contributed by atoms with van der Waals surface area (Å²) in [6, 6.07) is 4.16. The highest BCUT2D eigenvalue weighted by Crippen LogP contribution is 2.38. The number of hydrogen-bond donors (Lipinski definition) is 1. The van der Waals surface area contributed by atoms with E-state index in [9.17, 15) is 4.79 Å². The van der Waals surface area contributed by atoms with Crippen molar-refractivity contribution in [3.8, 4) is 0 Å². The van der Waals surface area contributed by atoms with Gasteiger partial charge in [-0.3, -0.25) is 9.78 Å². The van der Waals surface area contributed by atoms with E-state index in [1.165, 1.54) is 19.3 Å². The van der Waals surface area contributed by atoms with Crippen LogP contribution in [0.3, 0.4) is 0 Å². The first kappa shape index (κ1) is 14.0. The predicted molar refractivity (Wildman–Crippen MR) is 76.7 cm³/mol. The zero-order valence-corrected chi connectivity index (χ0v) is 12.0. The number of carbonyl (C=O) groups is 1. The molecule has 1 saturated carbocycles. The Morgan fingerprint density at radius 3 is 2.58 bits per heavy atom. The molecule has 104 valence electrons. The molecule has 3 heteroatoms. The molecule has 1 fully saturated rings. The molecule has 1 aromatic rings. The van der Waals surface area contributed by atoms with Crippen molar-refractivity contribution in [3.05, 3.63) is 30.1 Å². The van der Waals surface area contributed by atoms with Gasteiger partial charge in [-0.05, 0) is 48.8 Å². The van der Waals surface area contributed by atoms with Crippen LogP contribution in [0.4, 0.5) is 0 Å². The first-order valence-electron chi connectivity index (χ1n) is 7.29. The summed E-state index contributed by atoms with van der Waals surface area (Å²) in [5, 5.41) is 3.17. The number of carbonyl (C=O) groups excluding carboxylic acids is 1. The third kappa shape index (κ3) is 4.05. The Kier molecular flexibility index (Phi) is 4.56. The molecule has 1 aliphatic carbocycles. The number of nitrogens with one attached hydrogen (secondary N) is 1. The molecule has 0 aliphatic heterocycles. The van der Waals surface area contributed by atoms with E-state index >= 15 is 0 Å². The highest BCUT2D eigenvalue weighted by molar-refractivity contribution is 5.78. The second kappa shape index (κ2) is 6.18. The largest absolute Gasteiger partial charge is 0.353 e. The lowest BCUT2D eigenvalue weighted by Gasteiger charge is -2.37. The lowest BCUT2D eigenvalue weighted by atomic mass is 9.72. The maximum Gasteiger partial charge on any atom is 0.224 e. The van der Waals surface area contributed by atoms with Crippen LogP contribution < -0.4 is 5.32 Å². The van der Waals surface area contributed by atoms with Crippen molar-refractivity contribution in [1.82, 2.24) is 10.3 Å². The van der Waals surface area contributed by atoms with Gasteiger partial charge in [0.05, 0.1) is 6.42 Å². The van der Waals surface area contributed by atoms with Crippen LogP contribution in [0.5, 0.6) is 0 Å². The van der Waals surface area contributed by atoms with Crippen LogP contribution in [-0.4, -0.2) is 16.9 Å². The van der Waals surface area contributed by atoms with Gasteiger partial charge in [0, 0.05) is 18.4 Å². The molecule has 1 heterocycles. The molecule has 0 unspecified atom stereocenters. The maximum absolute atomic E-state index is 12.0. The topological polar surface area (TPSA) is 42.0 Å². The standard InChI is InChI=1S/C16H24N2O/c1-3-16(2)8-4-14(5-9-16)18-15(19)12-13-6-10-17-11-7-13/h6-7,10-11,14H,3-5,8-9,12H2,1-2H3,(H,18,19). The second-order valence-electron chi connectivity index (χ2n) is 6.04. The summed E-state index contributed by atoms with van der Waals surface area (Å²) in [7, 11) is 0. The number of nitrogens with zero attached hydrogens (tertiary/aromatic N) is 1. The van der Waals surface area contributed by atoms with Crippen LogP contribution in [0.2, 0.25) is 0 Å². The first-order valence-corrected chi connectivity index (χ1v) is 7.29. The van der Waals surface area contributed by atoms with Crippen molar-refractivity contribution in [3.63, 3.8) is 0 Å². The molecule has 1 N–H and O–H groups in total. The SMILES string of the molecule is CCC1(C)CCC(NC(=O)Cc2ccncc2)CC1. The molecule has 19 heavy (non-hydrogen) atoms. The van der Waals surface area contributed by atoms with Gasteiger partial charge in [-0.15, -0.1) is 0 Å². The summed E-state index contributed by atoms with van der Waals surface area (Å²) in [5.41, 5.74) is 1.52. The van der Waals surface area contributed by atoms with Crippen molar-refractivity contribution < 1.29 is 4.79 Å². The fourth-order valence-corrected chi connectivity index (χ4v) is 2.78. The van der Waals surface area contributed by atoms with E-state index in [-0.39, 0.29) is 5.91 Å². The van der Waals surface area contributed by atoms with Crippen LogP contribution >= 0.6 is 0 Å². The van der Waals surface area contributed by atoms with Gasteiger partial charge in [-0.1, -0.05) is 20.3 Å². The van der Waals surface area contributed by atoms with Crippen molar-refractivity contribution in [1.29, 1.82) is 0 Å². The molecule has 3 nitrogen and oxygen atoms in total. The van der Waals surface area contributed by atoms with Gasteiger partial charge in [0.2, 0.25) is 5.91 Å². The number of aromatic nitrogens is 1. The number of rotatable bonds is 4. The third-order valence-electron chi connectivity index (χ3n) is 4.53. The molecule has 0 bridgehead atoms. The molecule has 2 rings (SSSR count). The lowest BCUT2D eigenvalue weighted by Crippen LogP contribution is -2.40. The smallest absolute Gasteiger partial charge is 0.224 e. The lowest BCUT2D eigenvalue weighted by molar-refractivity contribution is -0.121. The maximum atomic E-state index is 12.0. The number of pyridine rings is 1. The van der Waals surface area contributed by atoms with E-state index in [2.05, 4.69) is 24.1 Å². The Hall–Kier alpha value is -1.38. The van der Waals surface area contributed by atoms with E-state index in [0.717, 1.165) is 18.4 Å². The Morgan fingerprint density at radius 2 is 2.00 bits per heavy atom. The summed E-state index contributed by atoms with van der Waals surface area (Å²) in [4.78, 5) is 15.9. The monoisotopic (exact) mass is 260 g/mol. The van der Waals surface area contributed by atoms with Crippen LogP contribution in [0.1, 0.15) is 51.5 Å². The second-order valence-corrected chi connectivity index (χ2v) is 6.04. The third-order valence-corrected chi connectivity index (χ3v) is 4.53. The minimum absolute atomic E-state index is 0.135. The Balaban J connectivity index is 1.78. The van der Waals surface area contributed by atoms with Gasteiger partial charge in [-0.2, -0.15) is 0 Å². The Bertz CT molecular complexity index is 408. The summed E-state index contributed by atoms with van der Waals surface area (Å²) in [6.07, 6.45) is 9.85. The van der Waals surface area contributed by atoms with Gasteiger partial charge in [0.1, 0.15) is 0 Å². The van der Waals surface area contributed by atoms with Gasteiger partial charge in [0.25, 0.3) is 0 Å². The van der Waals surface area contributed by atoms with E-state index in [0.29, 0.717) is 17.9 Å². The van der Waals surface area contributed by atoms with Crippen molar-refractivity contribution in [2.75, 3.05) is 0 Å². The van der Waals surface area contributed by atoms with E-state index in [1.54, 1.807) is 12.4 Å². The van der Waals surface area contributed by atoms with Crippen LogP contribution in [0.15, 0.2) is 24.5 Å². The molecular weight excluding hydrogens is 236 g/mol. The average Bonchev–Trinajstić information content (AvgIpc) is 2.43. The average molecular weight is 260 g/mol. The molecular formula is C16H24N2O. The van der Waals surface area contributed by atoms with Gasteiger partial charge >= 0.3 is 0 Å². The minimum Gasteiger partial charge on any atom is -0.353 e. The fraction of sp³-hybridized carbons (Fsp3) is 0.625. The van der Waals surface area contributed by atoms with Gasteiger partial charge in [-0.25, -0.2) is 0 Å². The van der Waals surface area contributed by atoms with E-state index < -0.39 is 0 Å². The van der Waals surface area contributed by atoms with Gasteiger partial charge in [0.15, 0.2) is 0 Å². The molecule has 0 saturated heterocycles. The van der Waals surface area contributed by atoms with Gasteiger partial charge < -0.3 is 5.32 Å². The molecule has 0 spiro atoms. The molecule has 1 amide bonds. The molecule has 0 radical (unpaired) electrons. The predicted octanol–water partition coefficient (Wildman–Crippen LogP) is 3.10. The molecule has 0 aromatic carbocycles. The molecule has 1 aromatic heterocycles. The van der Waals surface area contributed by atoms with Crippen molar-refractivity contribution >= 4 is 5.91 Å². The van der Waals surface area contributed by atoms with Crippen molar-refractivity contribution in [2.24, 2.45) is 5.41 Å². The summed E-state index contributed by atoms with van der Waals surface area (Å²) in [5.74, 6) is 0.135. The highest BCUT2D eigenvalue weighted by atomic mass is 16.1. The molecule has 0 atom stereocenters. The summed E-state index contributed by atoms with van der Waals surface area (Å²) in [6.45, 7) is 4.63.